The summed E-state index contributed by atoms with van der Waals surface area (Å²) < 4.78 is 6.37. The van der Waals surface area contributed by atoms with Gasteiger partial charge in [-0.2, -0.15) is 5.10 Å². The van der Waals surface area contributed by atoms with E-state index in [9.17, 15) is 9.59 Å². The molecule has 2 heterocycles. The number of hydrogen-bond acceptors (Lipinski definition) is 5. The topological polar surface area (TPSA) is 103 Å². The summed E-state index contributed by atoms with van der Waals surface area (Å²) in [6, 6.07) is 5.06. The summed E-state index contributed by atoms with van der Waals surface area (Å²) in [6.45, 7) is 1.99. The van der Waals surface area contributed by atoms with Crippen LogP contribution in [0.1, 0.15) is 32.6 Å². The molecule has 2 aromatic rings. The fourth-order valence-electron chi connectivity index (χ4n) is 3.13. The van der Waals surface area contributed by atoms with Gasteiger partial charge in [0.2, 0.25) is 5.91 Å². The van der Waals surface area contributed by atoms with Crippen LogP contribution in [0.2, 0.25) is 0 Å². The standard InChI is InChI=1S/C17H22N4O3/c1-11-5-2-3-6-13(11)19-16(22)10-21-17(23)12(18)9-14(20-21)15-7-4-8-24-15/h4,7-9,11,13H,2-3,5-6,10,18H2,1H3,(H,19,22)/t11-,13+/m0/s1. The van der Waals surface area contributed by atoms with E-state index in [0.29, 0.717) is 17.4 Å². The molecule has 0 radical (unpaired) electrons. The van der Waals surface area contributed by atoms with E-state index in [-0.39, 0.29) is 24.2 Å². The molecule has 0 unspecified atom stereocenters. The highest BCUT2D eigenvalue weighted by molar-refractivity contribution is 5.76. The molecule has 0 bridgehead atoms. The van der Waals surface area contributed by atoms with Gasteiger partial charge < -0.3 is 15.5 Å². The second kappa shape index (κ2) is 6.90. The first kappa shape index (κ1) is 16.3. The van der Waals surface area contributed by atoms with Crippen LogP contribution in [0.15, 0.2) is 33.7 Å². The van der Waals surface area contributed by atoms with Crippen LogP contribution in [0.3, 0.4) is 0 Å². The van der Waals surface area contributed by atoms with Crippen molar-refractivity contribution in [1.29, 1.82) is 0 Å². The molecule has 2 atom stereocenters. The van der Waals surface area contributed by atoms with Gasteiger partial charge in [0.05, 0.1) is 6.26 Å². The molecule has 1 amide bonds. The maximum Gasteiger partial charge on any atom is 0.290 e. The first-order chi connectivity index (χ1) is 11.5. The first-order valence-electron chi connectivity index (χ1n) is 8.25. The molecule has 0 aromatic carbocycles. The summed E-state index contributed by atoms with van der Waals surface area (Å²) in [7, 11) is 0. The van der Waals surface area contributed by atoms with Gasteiger partial charge in [-0.25, -0.2) is 4.68 Å². The monoisotopic (exact) mass is 330 g/mol. The molecule has 1 aliphatic rings. The van der Waals surface area contributed by atoms with Gasteiger partial charge in [-0.3, -0.25) is 9.59 Å². The number of nitrogens with zero attached hydrogens (tertiary/aromatic N) is 2. The number of furan rings is 1. The van der Waals surface area contributed by atoms with Crippen LogP contribution in [0, 0.1) is 5.92 Å². The second-order valence-electron chi connectivity index (χ2n) is 6.36. The largest absolute Gasteiger partial charge is 0.463 e. The third-order valence-corrected chi connectivity index (χ3v) is 4.53. The van der Waals surface area contributed by atoms with E-state index in [1.54, 1.807) is 12.1 Å². The number of hydrogen-bond donors (Lipinski definition) is 2. The number of nitrogens with one attached hydrogen (secondary N) is 1. The van der Waals surface area contributed by atoms with Crippen molar-refractivity contribution in [2.45, 2.75) is 45.2 Å². The Bertz CT molecular complexity index is 767. The highest BCUT2D eigenvalue weighted by atomic mass is 16.3. The molecule has 2 aromatic heterocycles. The third kappa shape index (κ3) is 3.50. The molecule has 1 saturated carbocycles. The third-order valence-electron chi connectivity index (χ3n) is 4.53. The van der Waals surface area contributed by atoms with Crippen molar-refractivity contribution in [3.63, 3.8) is 0 Å². The van der Waals surface area contributed by atoms with E-state index in [1.807, 2.05) is 0 Å². The van der Waals surface area contributed by atoms with Crippen molar-refractivity contribution < 1.29 is 9.21 Å². The average molecular weight is 330 g/mol. The summed E-state index contributed by atoms with van der Waals surface area (Å²) in [5.74, 6) is 0.725. The van der Waals surface area contributed by atoms with Gasteiger partial charge in [-0.1, -0.05) is 19.8 Å². The first-order valence-corrected chi connectivity index (χ1v) is 8.25. The van der Waals surface area contributed by atoms with E-state index >= 15 is 0 Å². The zero-order valence-corrected chi connectivity index (χ0v) is 13.7. The maximum atomic E-state index is 12.3. The molecule has 3 rings (SSSR count). The zero-order valence-electron chi connectivity index (χ0n) is 13.7. The molecule has 3 N–H and O–H groups in total. The number of amides is 1. The minimum absolute atomic E-state index is 0.0373. The van der Waals surface area contributed by atoms with Crippen molar-refractivity contribution in [2.75, 3.05) is 5.73 Å². The van der Waals surface area contributed by atoms with Crippen molar-refractivity contribution >= 4 is 11.6 Å². The van der Waals surface area contributed by atoms with Gasteiger partial charge in [0.25, 0.3) is 5.56 Å². The number of nitrogen functional groups attached to an aromatic ring is 1. The molecule has 0 spiro atoms. The number of aromatic nitrogens is 2. The van der Waals surface area contributed by atoms with Gasteiger partial charge in [-0.15, -0.1) is 0 Å². The van der Waals surface area contributed by atoms with Gasteiger partial charge in [-0.05, 0) is 37.0 Å². The van der Waals surface area contributed by atoms with Gasteiger partial charge in [0, 0.05) is 6.04 Å². The van der Waals surface area contributed by atoms with Crippen LogP contribution >= 0.6 is 0 Å². The number of carbonyl (C=O) groups excluding carboxylic acids is 1. The summed E-state index contributed by atoms with van der Waals surface area (Å²) in [4.78, 5) is 24.5. The summed E-state index contributed by atoms with van der Waals surface area (Å²) in [5, 5.41) is 7.21. The Labute approximate surface area is 139 Å². The predicted octanol–water partition coefficient (Wildman–Crippen LogP) is 1.78. The molecule has 1 aliphatic carbocycles. The molecule has 0 aliphatic heterocycles. The number of anilines is 1. The van der Waals surface area contributed by atoms with Crippen LogP contribution < -0.4 is 16.6 Å². The molecule has 0 saturated heterocycles. The Morgan fingerprint density at radius 2 is 2.25 bits per heavy atom. The van der Waals surface area contributed by atoms with E-state index in [2.05, 4.69) is 17.3 Å². The lowest BCUT2D eigenvalue weighted by molar-refractivity contribution is -0.123. The van der Waals surface area contributed by atoms with Crippen LogP contribution in [0.25, 0.3) is 11.5 Å². The lowest BCUT2D eigenvalue weighted by atomic mass is 9.86. The summed E-state index contributed by atoms with van der Waals surface area (Å²) in [6.07, 6.45) is 5.93. The van der Waals surface area contributed by atoms with Crippen molar-refractivity contribution in [1.82, 2.24) is 15.1 Å². The second-order valence-corrected chi connectivity index (χ2v) is 6.36. The maximum absolute atomic E-state index is 12.3. The minimum Gasteiger partial charge on any atom is -0.463 e. The highest BCUT2D eigenvalue weighted by Crippen LogP contribution is 2.23. The van der Waals surface area contributed by atoms with Crippen LogP contribution in [0.4, 0.5) is 5.69 Å². The fraction of sp³-hybridized carbons (Fsp3) is 0.471. The van der Waals surface area contributed by atoms with Crippen LogP contribution in [-0.4, -0.2) is 21.7 Å². The minimum atomic E-state index is -0.475. The Morgan fingerprint density at radius 1 is 1.46 bits per heavy atom. The van der Waals surface area contributed by atoms with Gasteiger partial charge >= 0.3 is 0 Å². The Kier molecular flexibility index (Phi) is 4.69. The normalized spacial score (nSPS) is 20.7. The lowest BCUT2D eigenvalue weighted by Gasteiger charge is -2.29. The number of nitrogens with two attached hydrogens (primary N) is 1. The Morgan fingerprint density at radius 3 is 2.96 bits per heavy atom. The predicted molar refractivity (Wildman–Crippen MR) is 90.2 cm³/mol. The van der Waals surface area contributed by atoms with Crippen molar-refractivity contribution in [3.05, 3.63) is 34.8 Å². The highest BCUT2D eigenvalue weighted by Gasteiger charge is 2.23. The van der Waals surface area contributed by atoms with E-state index in [4.69, 9.17) is 10.2 Å². The molecule has 24 heavy (non-hydrogen) atoms. The average Bonchev–Trinajstić information content (AvgIpc) is 3.08. The van der Waals surface area contributed by atoms with E-state index in [1.165, 1.54) is 18.8 Å². The molecular weight excluding hydrogens is 308 g/mol. The number of rotatable bonds is 4. The van der Waals surface area contributed by atoms with E-state index < -0.39 is 5.56 Å². The van der Waals surface area contributed by atoms with Gasteiger partial charge in [0.15, 0.2) is 5.76 Å². The summed E-state index contributed by atoms with van der Waals surface area (Å²) in [5.41, 5.74) is 5.75. The van der Waals surface area contributed by atoms with Crippen molar-refractivity contribution in [3.8, 4) is 11.5 Å². The molecule has 128 valence electrons. The van der Waals surface area contributed by atoms with Gasteiger partial charge in [0.1, 0.15) is 17.9 Å². The number of carbonyl (C=O) groups is 1. The quantitative estimate of drug-likeness (QED) is 0.889. The lowest BCUT2D eigenvalue weighted by Crippen LogP contribution is -2.44. The Hall–Kier alpha value is -2.57. The van der Waals surface area contributed by atoms with E-state index in [0.717, 1.165) is 23.9 Å². The smallest absolute Gasteiger partial charge is 0.290 e. The summed E-state index contributed by atoms with van der Waals surface area (Å²) >= 11 is 0. The zero-order chi connectivity index (χ0) is 17.1. The Balaban J connectivity index is 1.76. The fourth-order valence-corrected chi connectivity index (χ4v) is 3.13. The molecule has 1 fully saturated rings. The molecule has 7 heteroatoms. The SMILES string of the molecule is C[C@H]1CCCC[C@H]1NC(=O)Cn1nc(-c2ccco2)cc(N)c1=O. The molecular formula is C17H22N4O3. The van der Waals surface area contributed by atoms with Crippen molar-refractivity contribution in [2.24, 2.45) is 5.92 Å². The molecule has 7 nitrogen and oxygen atoms in total. The van der Waals surface area contributed by atoms with Crippen LogP contribution in [0.5, 0.6) is 0 Å². The van der Waals surface area contributed by atoms with Crippen LogP contribution in [-0.2, 0) is 11.3 Å².